The highest BCUT2D eigenvalue weighted by molar-refractivity contribution is 5.86. The van der Waals surface area contributed by atoms with Crippen LogP contribution in [0.2, 0.25) is 0 Å². The molecule has 138 valence electrons. The van der Waals surface area contributed by atoms with Gasteiger partial charge in [0.2, 0.25) is 5.91 Å². The topological polar surface area (TPSA) is 56.7 Å². The molecular formula is C20H25FN4O. The molecule has 2 aromatic carbocycles. The summed E-state index contributed by atoms with van der Waals surface area (Å²) in [6, 6.07) is 16.1. The molecule has 0 aliphatic heterocycles. The maximum absolute atomic E-state index is 12.9. The van der Waals surface area contributed by atoms with E-state index in [-0.39, 0.29) is 18.3 Å². The van der Waals surface area contributed by atoms with Gasteiger partial charge in [0.1, 0.15) is 5.82 Å². The van der Waals surface area contributed by atoms with Crippen LogP contribution in [0, 0.1) is 5.82 Å². The van der Waals surface area contributed by atoms with Crippen molar-refractivity contribution in [3.8, 4) is 0 Å². The Bertz CT molecular complexity index is 716. The molecule has 0 aliphatic rings. The van der Waals surface area contributed by atoms with Crippen LogP contribution in [0.15, 0.2) is 59.6 Å². The molecule has 2 N–H and O–H groups in total. The normalized spacial score (nSPS) is 11.1. The number of benzene rings is 2. The van der Waals surface area contributed by atoms with Gasteiger partial charge in [-0.15, -0.1) is 0 Å². The molecule has 0 aromatic heterocycles. The minimum atomic E-state index is -0.264. The Morgan fingerprint density at radius 1 is 1.04 bits per heavy atom. The first-order valence-electron chi connectivity index (χ1n) is 8.63. The molecule has 1 amide bonds. The lowest BCUT2D eigenvalue weighted by Crippen LogP contribution is -2.44. The van der Waals surface area contributed by atoms with Gasteiger partial charge in [0.25, 0.3) is 0 Å². The van der Waals surface area contributed by atoms with Gasteiger partial charge in [-0.3, -0.25) is 9.79 Å². The minimum absolute atomic E-state index is 0.00100. The van der Waals surface area contributed by atoms with Crippen LogP contribution in [0.5, 0.6) is 0 Å². The molecule has 0 bridgehead atoms. The van der Waals surface area contributed by atoms with Crippen LogP contribution in [0.25, 0.3) is 0 Å². The predicted molar refractivity (Wildman–Crippen MR) is 102 cm³/mol. The number of aliphatic imine (C=N–C) groups is 1. The fourth-order valence-electron chi connectivity index (χ4n) is 2.46. The molecule has 0 aliphatic carbocycles. The van der Waals surface area contributed by atoms with Crippen LogP contribution >= 0.6 is 0 Å². The quantitative estimate of drug-likeness (QED) is 0.592. The van der Waals surface area contributed by atoms with Crippen LogP contribution in [-0.2, 0) is 17.9 Å². The van der Waals surface area contributed by atoms with E-state index in [1.165, 1.54) is 12.1 Å². The SMILES string of the molecule is CCN(Cc1ccccc1)C(=O)CNC(=NC)NCc1ccc(F)cc1. The fraction of sp³-hybridized carbons (Fsp3) is 0.300. The van der Waals surface area contributed by atoms with Crippen LogP contribution in [0.1, 0.15) is 18.1 Å². The Morgan fingerprint density at radius 2 is 1.73 bits per heavy atom. The second-order valence-corrected chi connectivity index (χ2v) is 5.80. The van der Waals surface area contributed by atoms with Gasteiger partial charge < -0.3 is 15.5 Å². The number of hydrogen-bond donors (Lipinski definition) is 2. The summed E-state index contributed by atoms with van der Waals surface area (Å²) in [7, 11) is 1.64. The molecular weight excluding hydrogens is 331 g/mol. The third kappa shape index (κ3) is 6.20. The van der Waals surface area contributed by atoms with Crippen LogP contribution in [-0.4, -0.2) is 36.9 Å². The second kappa shape index (κ2) is 10.2. The number of rotatable bonds is 7. The summed E-state index contributed by atoms with van der Waals surface area (Å²) in [5.74, 6) is 0.263. The van der Waals surface area contributed by atoms with E-state index in [2.05, 4.69) is 15.6 Å². The number of amides is 1. The molecule has 0 radical (unpaired) electrons. The Balaban J connectivity index is 1.82. The third-order valence-electron chi connectivity index (χ3n) is 3.95. The number of nitrogens with one attached hydrogen (secondary N) is 2. The van der Waals surface area contributed by atoms with E-state index in [9.17, 15) is 9.18 Å². The van der Waals surface area contributed by atoms with Gasteiger partial charge >= 0.3 is 0 Å². The molecule has 2 aromatic rings. The Labute approximate surface area is 153 Å². The highest BCUT2D eigenvalue weighted by atomic mass is 19.1. The van der Waals surface area contributed by atoms with Crippen molar-refractivity contribution in [2.45, 2.75) is 20.0 Å². The summed E-state index contributed by atoms with van der Waals surface area (Å²) < 4.78 is 12.9. The number of nitrogens with zero attached hydrogens (tertiary/aromatic N) is 2. The first kappa shape index (κ1) is 19.4. The molecule has 2 rings (SSSR count). The zero-order valence-corrected chi connectivity index (χ0v) is 15.2. The molecule has 0 heterocycles. The minimum Gasteiger partial charge on any atom is -0.352 e. The lowest BCUT2D eigenvalue weighted by atomic mass is 10.2. The summed E-state index contributed by atoms with van der Waals surface area (Å²) in [4.78, 5) is 18.3. The van der Waals surface area contributed by atoms with E-state index < -0.39 is 0 Å². The lowest BCUT2D eigenvalue weighted by molar-refractivity contribution is -0.130. The van der Waals surface area contributed by atoms with E-state index in [4.69, 9.17) is 0 Å². The van der Waals surface area contributed by atoms with Crippen molar-refractivity contribution in [1.29, 1.82) is 0 Å². The van der Waals surface area contributed by atoms with Gasteiger partial charge in [-0.25, -0.2) is 4.39 Å². The standard InChI is InChI=1S/C20H25FN4O/c1-3-25(15-17-7-5-4-6-8-17)19(26)14-24-20(22-2)23-13-16-9-11-18(21)12-10-16/h4-12H,3,13-15H2,1-2H3,(H2,22,23,24). The Kier molecular flexibility index (Phi) is 7.61. The third-order valence-corrected chi connectivity index (χ3v) is 3.95. The second-order valence-electron chi connectivity index (χ2n) is 5.80. The highest BCUT2D eigenvalue weighted by Gasteiger charge is 2.12. The molecule has 0 unspecified atom stereocenters. The number of carbonyl (C=O) groups is 1. The molecule has 0 atom stereocenters. The monoisotopic (exact) mass is 356 g/mol. The van der Waals surface area contributed by atoms with Crippen molar-refractivity contribution in [2.24, 2.45) is 4.99 Å². The first-order valence-corrected chi connectivity index (χ1v) is 8.63. The fourth-order valence-corrected chi connectivity index (χ4v) is 2.46. The zero-order chi connectivity index (χ0) is 18.8. The summed E-state index contributed by atoms with van der Waals surface area (Å²) in [6.07, 6.45) is 0. The van der Waals surface area contributed by atoms with E-state index in [0.29, 0.717) is 25.6 Å². The van der Waals surface area contributed by atoms with E-state index in [1.807, 2.05) is 37.3 Å². The Morgan fingerprint density at radius 3 is 2.35 bits per heavy atom. The number of guanidine groups is 1. The van der Waals surface area contributed by atoms with Crippen LogP contribution < -0.4 is 10.6 Å². The van der Waals surface area contributed by atoms with Crippen molar-refractivity contribution in [3.63, 3.8) is 0 Å². The first-order chi connectivity index (χ1) is 12.6. The van der Waals surface area contributed by atoms with Gasteiger partial charge in [0.05, 0.1) is 6.54 Å². The molecule has 0 spiro atoms. The smallest absolute Gasteiger partial charge is 0.242 e. The van der Waals surface area contributed by atoms with Gasteiger partial charge in [0, 0.05) is 26.7 Å². The van der Waals surface area contributed by atoms with Crippen molar-refractivity contribution in [2.75, 3.05) is 20.1 Å². The molecule has 0 saturated carbocycles. The summed E-state index contributed by atoms with van der Waals surface area (Å²) in [5.41, 5.74) is 2.03. The molecule has 5 nitrogen and oxygen atoms in total. The van der Waals surface area contributed by atoms with Gasteiger partial charge in [-0.2, -0.15) is 0 Å². The predicted octanol–water partition coefficient (Wildman–Crippen LogP) is 2.54. The van der Waals surface area contributed by atoms with Crippen LogP contribution in [0.3, 0.4) is 0 Å². The summed E-state index contributed by atoms with van der Waals surface area (Å²) in [6.45, 7) is 3.83. The highest BCUT2D eigenvalue weighted by Crippen LogP contribution is 2.04. The zero-order valence-electron chi connectivity index (χ0n) is 15.2. The molecule has 6 heteroatoms. The molecule has 26 heavy (non-hydrogen) atoms. The number of likely N-dealkylation sites (N-methyl/N-ethyl adjacent to an activating group) is 1. The van der Waals surface area contributed by atoms with Crippen LogP contribution in [0.4, 0.5) is 4.39 Å². The number of carbonyl (C=O) groups excluding carboxylic acids is 1. The van der Waals surface area contributed by atoms with Crippen molar-refractivity contribution in [3.05, 3.63) is 71.5 Å². The van der Waals surface area contributed by atoms with Gasteiger partial charge in [-0.1, -0.05) is 42.5 Å². The lowest BCUT2D eigenvalue weighted by Gasteiger charge is -2.22. The Hall–Kier alpha value is -2.89. The maximum Gasteiger partial charge on any atom is 0.242 e. The molecule has 0 saturated heterocycles. The van der Waals surface area contributed by atoms with Crippen molar-refractivity contribution >= 4 is 11.9 Å². The van der Waals surface area contributed by atoms with Gasteiger partial charge in [0.15, 0.2) is 5.96 Å². The summed E-state index contributed by atoms with van der Waals surface area (Å²) in [5, 5.41) is 6.14. The average Bonchev–Trinajstić information content (AvgIpc) is 2.68. The van der Waals surface area contributed by atoms with E-state index in [1.54, 1.807) is 24.1 Å². The average molecular weight is 356 g/mol. The number of hydrogen-bond acceptors (Lipinski definition) is 2. The largest absolute Gasteiger partial charge is 0.352 e. The van der Waals surface area contributed by atoms with E-state index >= 15 is 0 Å². The molecule has 0 fully saturated rings. The maximum atomic E-state index is 12.9. The van der Waals surface area contributed by atoms with Crippen molar-refractivity contribution < 1.29 is 9.18 Å². The summed E-state index contributed by atoms with van der Waals surface area (Å²) >= 11 is 0. The number of halogens is 1. The van der Waals surface area contributed by atoms with Crippen molar-refractivity contribution in [1.82, 2.24) is 15.5 Å². The van der Waals surface area contributed by atoms with Gasteiger partial charge in [-0.05, 0) is 30.2 Å². The van der Waals surface area contributed by atoms with E-state index in [0.717, 1.165) is 11.1 Å².